The van der Waals surface area contributed by atoms with E-state index in [9.17, 15) is 23.1 Å². The molecule has 0 aliphatic carbocycles. The molecular formula is C18H24N2O5S. The zero-order valence-electron chi connectivity index (χ0n) is 14.8. The first kappa shape index (κ1) is 18.8. The van der Waals surface area contributed by atoms with Crippen molar-refractivity contribution in [3.8, 4) is 0 Å². The van der Waals surface area contributed by atoms with Crippen molar-refractivity contribution < 1.29 is 23.1 Å². The van der Waals surface area contributed by atoms with Crippen LogP contribution in [0.25, 0.3) is 0 Å². The number of carboxylic acid groups (broad SMARTS) is 1. The van der Waals surface area contributed by atoms with Crippen LogP contribution in [0.1, 0.15) is 43.0 Å². The van der Waals surface area contributed by atoms with Crippen molar-refractivity contribution in [2.45, 2.75) is 43.5 Å². The molecule has 1 aromatic carbocycles. The minimum atomic E-state index is -3.89. The average molecular weight is 380 g/mol. The minimum absolute atomic E-state index is 0.123. The monoisotopic (exact) mass is 380 g/mol. The van der Waals surface area contributed by atoms with Crippen molar-refractivity contribution >= 4 is 21.9 Å². The minimum Gasteiger partial charge on any atom is -0.478 e. The van der Waals surface area contributed by atoms with Crippen LogP contribution >= 0.6 is 0 Å². The SMILES string of the molecule is CC1CCCN1C(=O)C1CCN(S(=O)(=O)c2ccccc2C(=O)O)CC1. The van der Waals surface area contributed by atoms with Gasteiger partial charge in [0, 0.05) is 31.6 Å². The summed E-state index contributed by atoms with van der Waals surface area (Å²) >= 11 is 0. The molecule has 1 amide bonds. The molecule has 2 fully saturated rings. The van der Waals surface area contributed by atoms with Crippen molar-refractivity contribution in [3.63, 3.8) is 0 Å². The smallest absolute Gasteiger partial charge is 0.337 e. The lowest BCUT2D eigenvalue weighted by molar-refractivity contribution is -0.137. The number of sulfonamides is 1. The van der Waals surface area contributed by atoms with Crippen LogP contribution in [0.15, 0.2) is 29.2 Å². The maximum atomic E-state index is 12.9. The maximum absolute atomic E-state index is 12.9. The van der Waals surface area contributed by atoms with Crippen molar-refractivity contribution in [2.75, 3.05) is 19.6 Å². The van der Waals surface area contributed by atoms with Crippen LogP contribution in [0, 0.1) is 5.92 Å². The quantitative estimate of drug-likeness (QED) is 0.859. The first-order valence-corrected chi connectivity index (χ1v) is 10.4. The molecule has 3 rings (SSSR count). The number of aromatic carboxylic acids is 1. The number of likely N-dealkylation sites (tertiary alicyclic amines) is 1. The number of hydrogen-bond donors (Lipinski definition) is 1. The highest BCUT2D eigenvalue weighted by atomic mass is 32.2. The van der Waals surface area contributed by atoms with Crippen LogP contribution in [-0.2, 0) is 14.8 Å². The van der Waals surface area contributed by atoms with Crippen molar-refractivity contribution in [1.29, 1.82) is 0 Å². The molecule has 2 aliphatic rings. The molecule has 26 heavy (non-hydrogen) atoms. The Labute approximate surface area is 153 Å². The second-order valence-corrected chi connectivity index (χ2v) is 8.91. The number of rotatable bonds is 4. The molecule has 8 heteroatoms. The number of hydrogen-bond acceptors (Lipinski definition) is 4. The van der Waals surface area contributed by atoms with E-state index in [2.05, 4.69) is 0 Å². The summed E-state index contributed by atoms with van der Waals surface area (Å²) in [7, 11) is -3.89. The summed E-state index contributed by atoms with van der Waals surface area (Å²) in [5, 5.41) is 9.26. The molecule has 142 valence electrons. The Kier molecular flexibility index (Phi) is 5.34. The number of carbonyl (C=O) groups excluding carboxylic acids is 1. The van der Waals surface area contributed by atoms with Gasteiger partial charge in [0.15, 0.2) is 0 Å². The molecule has 1 aromatic rings. The predicted octanol–water partition coefficient (Wildman–Crippen LogP) is 1.80. The first-order chi connectivity index (χ1) is 12.3. The highest BCUT2D eigenvalue weighted by Crippen LogP contribution is 2.28. The third kappa shape index (κ3) is 3.48. The fourth-order valence-electron chi connectivity index (χ4n) is 3.85. The topological polar surface area (TPSA) is 95.0 Å². The Hall–Kier alpha value is -1.93. The molecule has 2 heterocycles. The molecule has 1 N–H and O–H groups in total. The van der Waals surface area contributed by atoms with Gasteiger partial charge in [-0.1, -0.05) is 12.1 Å². The zero-order valence-corrected chi connectivity index (χ0v) is 15.6. The van der Waals surface area contributed by atoms with Crippen LogP contribution in [0.4, 0.5) is 0 Å². The second-order valence-electron chi connectivity index (χ2n) is 7.00. The van der Waals surface area contributed by atoms with Crippen LogP contribution < -0.4 is 0 Å². The second kappa shape index (κ2) is 7.36. The Bertz CT molecular complexity index is 800. The van der Waals surface area contributed by atoms with E-state index in [0.29, 0.717) is 12.8 Å². The molecule has 0 bridgehead atoms. The Morgan fingerprint density at radius 2 is 1.73 bits per heavy atom. The van der Waals surface area contributed by atoms with Gasteiger partial charge < -0.3 is 10.0 Å². The maximum Gasteiger partial charge on any atom is 0.337 e. The molecular weight excluding hydrogens is 356 g/mol. The van der Waals surface area contributed by atoms with Gasteiger partial charge >= 0.3 is 5.97 Å². The van der Waals surface area contributed by atoms with E-state index >= 15 is 0 Å². The number of piperidine rings is 1. The van der Waals surface area contributed by atoms with E-state index in [0.717, 1.165) is 19.4 Å². The molecule has 7 nitrogen and oxygen atoms in total. The lowest BCUT2D eigenvalue weighted by atomic mass is 9.96. The fraction of sp³-hybridized carbons (Fsp3) is 0.556. The largest absolute Gasteiger partial charge is 0.478 e. The zero-order chi connectivity index (χ0) is 18.9. The fourth-order valence-corrected chi connectivity index (χ4v) is 5.50. The number of nitrogens with zero attached hydrogens (tertiary/aromatic N) is 2. The van der Waals surface area contributed by atoms with Crippen LogP contribution in [0.3, 0.4) is 0 Å². The highest BCUT2D eigenvalue weighted by molar-refractivity contribution is 7.89. The van der Waals surface area contributed by atoms with Crippen LogP contribution in [0.2, 0.25) is 0 Å². The predicted molar refractivity (Wildman–Crippen MR) is 95.3 cm³/mol. The van der Waals surface area contributed by atoms with Crippen molar-refractivity contribution in [1.82, 2.24) is 9.21 Å². The number of benzene rings is 1. The van der Waals surface area contributed by atoms with E-state index in [-0.39, 0.29) is 41.4 Å². The van der Waals surface area contributed by atoms with Gasteiger partial charge in [0.25, 0.3) is 0 Å². The standard InChI is InChI=1S/C18H24N2O5S/c1-13-5-4-10-20(13)17(21)14-8-11-19(12-9-14)26(24,25)16-7-3-2-6-15(16)18(22)23/h2-3,6-7,13-14H,4-5,8-12H2,1H3,(H,22,23). The van der Waals surface area contributed by atoms with E-state index in [1.807, 2.05) is 11.8 Å². The number of carbonyl (C=O) groups is 2. The lowest BCUT2D eigenvalue weighted by Crippen LogP contribution is -2.45. The molecule has 0 spiro atoms. The molecule has 2 aliphatic heterocycles. The summed E-state index contributed by atoms with van der Waals surface area (Å²) in [5.74, 6) is -1.30. The van der Waals surface area contributed by atoms with Gasteiger partial charge in [-0.25, -0.2) is 13.2 Å². The summed E-state index contributed by atoms with van der Waals surface area (Å²) in [6.07, 6.45) is 2.98. The van der Waals surface area contributed by atoms with E-state index in [4.69, 9.17) is 0 Å². The number of amides is 1. The molecule has 0 radical (unpaired) electrons. The molecule has 0 aromatic heterocycles. The van der Waals surface area contributed by atoms with Crippen LogP contribution in [0.5, 0.6) is 0 Å². The third-order valence-electron chi connectivity index (χ3n) is 5.37. The van der Waals surface area contributed by atoms with Gasteiger partial charge in [0.05, 0.1) is 10.5 Å². The van der Waals surface area contributed by atoms with E-state index in [1.54, 1.807) is 0 Å². The summed E-state index contributed by atoms with van der Waals surface area (Å²) in [6, 6.07) is 5.89. The molecule has 1 atom stereocenters. The summed E-state index contributed by atoms with van der Waals surface area (Å²) < 4.78 is 27.0. The normalized spacial score (nSPS) is 22.5. The van der Waals surface area contributed by atoms with Gasteiger partial charge in [-0.2, -0.15) is 4.31 Å². The Morgan fingerprint density at radius 1 is 1.08 bits per heavy atom. The van der Waals surface area contributed by atoms with Crippen molar-refractivity contribution in [2.24, 2.45) is 5.92 Å². The van der Waals surface area contributed by atoms with Crippen LogP contribution in [-0.4, -0.2) is 60.3 Å². The van der Waals surface area contributed by atoms with Crippen molar-refractivity contribution in [3.05, 3.63) is 29.8 Å². The van der Waals surface area contributed by atoms with E-state index < -0.39 is 16.0 Å². The highest BCUT2D eigenvalue weighted by Gasteiger charge is 2.37. The lowest BCUT2D eigenvalue weighted by Gasteiger charge is -2.33. The summed E-state index contributed by atoms with van der Waals surface area (Å²) in [4.78, 5) is 25.7. The van der Waals surface area contributed by atoms with E-state index in [1.165, 1.54) is 28.6 Å². The Morgan fingerprint density at radius 3 is 2.31 bits per heavy atom. The first-order valence-electron chi connectivity index (χ1n) is 8.95. The average Bonchev–Trinajstić information content (AvgIpc) is 3.07. The van der Waals surface area contributed by atoms with Gasteiger partial charge in [0.2, 0.25) is 15.9 Å². The summed E-state index contributed by atoms with van der Waals surface area (Å²) in [6.45, 7) is 3.29. The van der Waals surface area contributed by atoms with Gasteiger partial charge in [0.1, 0.15) is 0 Å². The Balaban J connectivity index is 1.71. The van der Waals surface area contributed by atoms with Gasteiger partial charge in [-0.3, -0.25) is 4.79 Å². The van der Waals surface area contributed by atoms with Gasteiger partial charge in [-0.15, -0.1) is 0 Å². The third-order valence-corrected chi connectivity index (χ3v) is 7.33. The number of carboxylic acids is 1. The molecule has 2 saturated heterocycles. The molecule has 1 unspecified atom stereocenters. The summed E-state index contributed by atoms with van der Waals surface area (Å²) in [5.41, 5.74) is -0.225. The van der Waals surface area contributed by atoms with Gasteiger partial charge in [-0.05, 0) is 44.7 Å². The molecule has 0 saturated carbocycles.